The van der Waals surface area contributed by atoms with E-state index in [9.17, 15) is 13.2 Å². The smallest absolute Gasteiger partial charge is 0.261 e. The van der Waals surface area contributed by atoms with Gasteiger partial charge < -0.3 is 5.32 Å². The van der Waals surface area contributed by atoms with Crippen molar-refractivity contribution in [1.82, 2.24) is 14.6 Å². The predicted molar refractivity (Wildman–Crippen MR) is 111 cm³/mol. The van der Waals surface area contributed by atoms with Gasteiger partial charge in [0.15, 0.2) is 0 Å². The average molecular weight is 436 g/mol. The topological polar surface area (TPSA) is 79.4 Å². The minimum Gasteiger partial charge on any atom is -0.354 e. The van der Waals surface area contributed by atoms with Crippen molar-refractivity contribution in [2.45, 2.75) is 17.2 Å². The van der Waals surface area contributed by atoms with Crippen LogP contribution in [0.2, 0.25) is 5.02 Å². The second-order valence-corrected chi connectivity index (χ2v) is 9.96. The summed E-state index contributed by atoms with van der Waals surface area (Å²) in [6.45, 7) is 0.712. The van der Waals surface area contributed by atoms with Crippen LogP contribution >= 0.6 is 22.9 Å². The van der Waals surface area contributed by atoms with E-state index in [0.29, 0.717) is 29.4 Å². The molecule has 2 aromatic heterocycles. The largest absolute Gasteiger partial charge is 0.354 e. The van der Waals surface area contributed by atoms with E-state index in [2.05, 4.69) is 10.3 Å². The van der Waals surface area contributed by atoms with Crippen molar-refractivity contribution in [3.05, 3.63) is 58.1 Å². The summed E-state index contributed by atoms with van der Waals surface area (Å²) in [6, 6.07) is 10.1. The number of halogens is 1. The van der Waals surface area contributed by atoms with E-state index in [4.69, 9.17) is 11.6 Å². The van der Waals surface area contributed by atoms with Crippen molar-refractivity contribution < 1.29 is 13.2 Å². The molecule has 0 radical (unpaired) electrons. The summed E-state index contributed by atoms with van der Waals surface area (Å²) in [5.74, 6) is -0.242. The summed E-state index contributed by atoms with van der Waals surface area (Å²) >= 11 is 7.31. The Kier molecular flexibility index (Phi) is 5.13. The molecule has 28 heavy (non-hydrogen) atoms. The van der Waals surface area contributed by atoms with Crippen LogP contribution in [-0.4, -0.2) is 43.8 Å². The lowest BCUT2D eigenvalue weighted by atomic mass is 9.95. The van der Waals surface area contributed by atoms with Crippen LogP contribution in [0.4, 0.5) is 0 Å². The van der Waals surface area contributed by atoms with E-state index in [-0.39, 0.29) is 16.7 Å². The van der Waals surface area contributed by atoms with Gasteiger partial charge in [0.2, 0.25) is 10.0 Å². The molecule has 6 nitrogen and oxygen atoms in total. The first kappa shape index (κ1) is 19.3. The van der Waals surface area contributed by atoms with Gasteiger partial charge in [-0.15, -0.1) is 11.3 Å². The summed E-state index contributed by atoms with van der Waals surface area (Å²) in [6.07, 6.45) is 2.34. The maximum Gasteiger partial charge on any atom is 0.261 e. The number of amides is 1. The molecule has 1 N–H and O–H groups in total. The molecule has 0 saturated carbocycles. The fourth-order valence-corrected chi connectivity index (χ4v) is 6.57. The Bertz CT molecular complexity index is 1160. The molecule has 0 spiro atoms. The molecule has 3 aromatic rings. The molecule has 1 saturated heterocycles. The number of sulfonamides is 1. The highest BCUT2D eigenvalue weighted by Gasteiger charge is 2.36. The molecule has 0 unspecified atom stereocenters. The van der Waals surface area contributed by atoms with Crippen LogP contribution in [0, 0.1) is 0 Å². The number of pyridine rings is 1. The summed E-state index contributed by atoms with van der Waals surface area (Å²) in [4.78, 5) is 18.4. The molecule has 4 rings (SSSR count). The van der Waals surface area contributed by atoms with Crippen molar-refractivity contribution in [2.75, 3.05) is 20.1 Å². The van der Waals surface area contributed by atoms with Crippen LogP contribution in [0.5, 0.6) is 0 Å². The van der Waals surface area contributed by atoms with E-state index >= 15 is 0 Å². The molecular formula is C19H18ClN3O3S2. The number of carbonyl (C=O) groups excluding carboxylic acids is 1. The third-order valence-electron chi connectivity index (χ3n) is 4.93. The highest BCUT2D eigenvalue weighted by atomic mass is 35.5. The standard InChI is InChI=1S/C19H18ClN3O3S2/c1-21-18(24)17-16(15-6-3-8-22-19(15)27-17)12-7-9-23(11-12)28(25,26)14-5-2-4-13(20)10-14/h2-6,8,10,12H,7,9,11H2,1H3,(H,21,24)/t12-/m0/s1. The number of hydrogen-bond acceptors (Lipinski definition) is 5. The van der Waals surface area contributed by atoms with E-state index in [0.717, 1.165) is 15.8 Å². The number of thiophene rings is 1. The SMILES string of the molecule is CNC(=O)c1sc2ncccc2c1[C@H]1CCN(S(=O)(=O)c2cccc(Cl)c2)C1. The highest BCUT2D eigenvalue weighted by molar-refractivity contribution is 7.89. The number of benzene rings is 1. The fourth-order valence-electron chi connectivity index (χ4n) is 3.60. The van der Waals surface area contributed by atoms with Crippen LogP contribution in [0.1, 0.15) is 27.6 Å². The Labute approximate surface area is 172 Å². The lowest BCUT2D eigenvalue weighted by Crippen LogP contribution is -2.29. The van der Waals surface area contributed by atoms with E-state index in [1.54, 1.807) is 31.4 Å². The molecule has 1 aliphatic heterocycles. The Morgan fingerprint density at radius 1 is 1.32 bits per heavy atom. The van der Waals surface area contributed by atoms with Gasteiger partial charge in [-0.05, 0) is 36.2 Å². The second-order valence-electron chi connectivity index (χ2n) is 6.59. The maximum absolute atomic E-state index is 13.0. The number of nitrogens with zero attached hydrogens (tertiary/aromatic N) is 2. The quantitative estimate of drug-likeness (QED) is 0.680. The van der Waals surface area contributed by atoms with Gasteiger partial charge in [0.05, 0.1) is 9.77 Å². The first-order chi connectivity index (χ1) is 13.4. The number of fused-ring (bicyclic) bond motifs is 1. The Hall–Kier alpha value is -2.00. The van der Waals surface area contributed by atoms with E-state index in [1.807, 2.05) is 12.1 Å². The van der Waals surface area contributed by atoms with E-state index in [1.165, 1.54) is 21.7 Å². The third-order valence-corrected chi connectivity index (χ3v) is 8.16. The summed E-state index contributed by atoms with van der Waals surface area (Å²) in [5, 5.41) is 3.97. The minimum absolute atomic E-state index is 0.0702. The summed E-state index contributed by atoms with van der Waals surface area (Å²) in [5.41, 5.74) is 0.885. The van der Waals surface area contributed by atoms with Crippen LogP contribution in [-0.2, 0) is 10.0 Å². The Morgan fingerprint density at radius 3 is 2.89 bits per heavy atom. The number of nitrogens with one attached hydrogen (secondary N) is 1. The highest BCUT2D eigenvalue weighted by Crippen LogP contribution is 2.40. The van der Waals surface area contributed by atoms with Gasteiger partial charge in [0.25, 0.3) is 5.91 Å². The number of aromatic nitrogens is 1. The zero-order valence-electron chi connectivity index (χ0n) is 15.1. The van der Waals surface area contributed by atoms with Crippen LogP contribution < -0.4 is 5.32 Å². The van der Waals surface area contributed by atoms with E-state index < -0.39 is 10.0 Å². The summed E-state index contributed by atoms with van der Waals surface area (Å²) < 4.78 is 27.5. The van der Waals surface area contributed by atoms with Crippen molar-refractivity contribution in [3.63, 3.8) is 0 Å². The van der Waals surface area contributed by atoms with Gasteiger partial charge >= 0.3 is 0 Å². The lowest BCUT2D eigenvalue weighted by Gasteiger charge is -2.17. The monoisotopic (exact) mass is 435 g/mol. The van der Waals surface area contributed by atoms with Crippen molar-refractivity contribution >= 4 is 49.1 Å². The van der Waals surface area contributed by atoms with Gasteiger partial charge in [-0.25, -0.2) is 13.4 Å². The van der Waals surface area contributed by atoms with Crippen molar-refractivity contribution in [3.8, 4) is 0 Å². The zero-order chi connectivity index (χ0) is 19.9. The van der Waals surface area contributed by atoms with Gasteiger partial charge in [-0.1, -0.05) is 23.7 Å². The Balaban J connectivity index is 1.71. The molecule has 0 aliphatic carbocycles. The van der Waals surface area contributed by atoms with Gasteiger partial charge in [-0.3, -0.25) is 4.79 Å². The normalized spacial score (nSPS) is 17.9. The summed E-state index contributed by atoms with van der Waals surface area (Å²) in [7, 11) is -2.05. The average Bonchev–Trinajstić information content (AvgIpc) is 3.32. The molecule has 1 aliphatic rings. The molecular weight excluding hydrogens is 418 g/mol. The van der Waals surface area contributed by atoms with Gasteiger partial charge in [-0.2, -0.15) is 4.31 Å². The molecule has 1 aromatic carbocycles. The molecule has 3 heterocycles. The molecule has 146 valence electrons. The maximum atomic E-state index is 13.0. The van der Waals surface area contributed by atoms with Crippen molar-refractivity contribution in [2.24, 2.45) is 0 Å². The fraction of sp³-hybridized carbons (Fsp3) is 0.263. The van der Waals surface area contributed by atoms with Crippen LogP contribution in [0.25, 0.3) is 10.2 Å². The predicted octanol–water partition coefficient (Wildman–Crippen LogP) is 3.49. The second kappa shape index (κ2) is 7.44. The van der Waals surface area contributed by atoms with Crippen LogP contribution in [0.15, 0.2) is 47.5 Å². The van der Waals surface area contributed by atoms with Gasteiger partial charge in [0.1, 0.15) is 4.83 Å². The van der Waals surface area contributed by atoms with Gasteiger partial charge in [0, 0.05) is 42.7 Å². The first-order valence-electron chi connectivity index (χ1n) is 8.77. The number of carbonyl (C=O) groups is 1. The number of hydrogen-bond donors (Lipinski definition) is 1. The van der Waals surface area contributed by atoms with Crippen molar-refractivity contribution in [1.29, 1.82) is 0 Å². The van der Waals surface area contributed by atoms with Crippen LogP contribution in [0.3, 0.4) is 0 Å². The molecule has 1 amide bonds. The molecule has 9 heteroatoms. The number of rotatable bonds is 4. The first-order valence-corrected chi connectivity index (χ1v) is 11.4. The Morgan fingerprint density at radius 2 is 2.14 bits per heavy atom. The molecule has 0 bridgehead atoms. The zero-order valence-corrected chi connectivity index (χ0v) is 17.4. The minimum atomic E-state index is -3.64. The molecule has 1 atom stereocenters. The third kappa shape index (κ3) is 3.30. The molecule has 1 fully saturated rings. The lowest BCUT2D eigenvalue weighted by molar-refractivity contribution is 0.0966.